The monoisotopic (exact) mass is 131 g/mol. The summed E-state index contributed by atoms with van der Waals surface area (Å²) in [7, 11) is 0.0486. The van der Waals surface area contributed by atoms with Gasteiger partial charge in [-0.05, 0) is 0 Å². The van der Waals surface area contributed by atoms with E-state index >= 15 is 0 Å². The zero-order valence-electron chi connectivity index (χ0n) is 5.67. The van der Waals surface area contributed by atoms with E-state index in [1.54, 1.807) is 0 Å². The zero-order valence-corrected chi connectivity index (χ0v) is 6.57. The van der Waals surface area contributed by atoms with Crippen LogP contribution in [0.25, 0.3) is 0 Å². The van der Waals surface area contributed by atoms with Crippen molar-refractivity contribution in [2.75, 3.05) is 20.9 Å². The molecule has 0 rings (SSSR count). The standard InChI is InChI=1S/C3H9O3P.Li/c1-5-7(3,4)6-2;/h1-3H3;/q;+1. The fourth-order valence-electron chi connectivity index (χ4n) is 0.0745. The Labute approximate surface area is 61.5 Å². The van der Waals surface area contributed by atoms with Gasteiger partial charge in [0.25, 0.3) is 0 Å². The molecule has 5 heteroatoms. The van der Waals surface area contributed by atoms with Gasteiger partial charge in [0, 0.05) is 20.9 Å². The van der Waals surface area contributed by atoms with Gasteiger partial charge < -0.3 is 9.05 Å². The third-order valence-electron chi connectivity index (χ3n) is 0.663. The summed E-state index contributed by atoms with van der Waals surface area (Å²) in [6.07, 6.45) is 0. The molecule has 0 atom stereocenters. The van der Waals surface area contributed by atoms with Gasteiger partial charge in [-0.15, -0.1) is 0 Å². The van der Waals surface area contributed by atoms with Crippen LogP contribution in [0.3, 0.4) is 0 Å². The van der Waals surface area contributed by atoms with Crippen LogP contribution in [-0.4, -0.2) is 20.9 Å². The predicted molar refractivity (Wildman–Crippen MR) is 27.5 cm³/mol. The molecule has 8 heavy (non-hydrogen) atoms. The molecule has 44 valence electrons. The van der Waals surface area contributed by atoms with E-state index in [1.807, 2.05) is 0 Å². The molecule has 0 aliphatic carbocycles. The third kappa shape index (κ3) is 4.90. The molecule has 0 aromatic carbocycles. The van der Waals surface area contributed by atoms with Crippen molar-refractivity contribution in [1.82, 2.24) is 0 Å². The van der Waals surface area contributed by atoms with Crippen molar-refractivity contribution in [1.29, 1.82) is 0 Å². The van der Waals surface area contributed by atoms with E-state index in [-0.39, 0.29) is 18.9 Å². The second-order valence-corrected chi connectivity index (χ2v) is 3.41. The molecule has 0 heterocycles. The summed E-state index contributed by atoms with van der Waals surface area (Å²) in [6.45, 7) is 1.41. The summed E-state index contributed by atoms with van der Waals surface area (Å²) in [6, 6.07) is 0. The van der Waals surface area contributed by atoms with Crippen LogP contribution in [0.2, 0.25) is 0 Å². The van der Waals surface area contributed by atoms with E-state index in [4.69, 9.17) is 0 Å². The minimum absolute atomic E-state index is 0. The van der Waals surface area contributed by atoms with Gasteiger partial charge in [0.15, 0.2) is 0 Å². The molecule has 0 saturated carbocycles. The fourth-order valence-corrected chi connectivity index (χ4v) is 0.224. The topological polar surface area (TPSA) is 35.5 Å². The Morgan fingerprint density at radius 3 is 1.50 bits per heavy atom. The molecular weight excluding hydrogens is 122 g/mol. The zero-order chi connectivity index (χ0) is 5.91. The molecule has 0 spiro atoms. The molecule has 0 N–H and O–H groups in total. The predicted octanol–water partition coefficient (Wildman–Crippen LogP) is -1.89. The van der Waals surface area contributed by atoms with Gasteiger partial charge in [-0.3, -0.25) is 4.57 Å². The quantitative estimate of drug-likeness (QED) is 0.324. The van der Waals surface area contributed by atoms with Gasteiger partial charge in [-0.2, -0.15) is 0 Å². The Hall–Kier alpha value is 0.747. The maximum absolute atomic E-state index is 10.5. The third-order valence-corrected chi connectivity index (χ3v) is 1.99. The second-order valence-electron chi connectivity index (χ2n) is 1.14. The van der Waals surface area contributed by atoms with Crippen molar-refractivity contribution in [3.05, 3.63) is 0 Å². The van der Waals surface area contributed by atoms with Crippen molar-refractivity contribution in [2.24, 2.45) is 0 Å². The van der Waals surface area contributed by atoms with Crippen LogP contribution in [0, 0.1) is 0 Å². The molecule has 0 fully saturated rings. The van der Waals surface area contributed by atoms with Crippen molar-refractivity contribution >= 4 is 7.60 Å². The van der Waals surface area contributed by atoms with Crippen LogP contribution in [0.4, 0.5) is 0 Å². The molecule has 0 amide bonds. The van der Waals surface area contributed by atoms with Crippen molar-refractivity contribution in [3.63, 3.8) is 0 Å². The molecule has 3 nitrogen and oxygen atoms in total. The first kappa shape index (κ1) is 11.5. The van der Waals surface area contributed by atoms with Gasteiger partial charge in [-0.25, -0.2) is 0 Å². The van der Waals surface area contributed by atoms with E-state index in [1.165, 1.54) is 20.9 Å². The Bertz CT molecular complexity index is 86.5. The smallest absolute Gasteiger partial charge is 0.312 e. The molecule has 0 aromatic heterocycles. The van der Waals surface area contributed by atoms with Gasteiger partial charge in [0.05, 0.1) is 0 Å². The van der Waals surface area contributed by atoms with Crippen LogP contribution in [0.5, 0.6) is 0 Å². The molecular formula is C3H9LiO3P+. The average molecular weight is 131 g/mol. The van der Waals surface area contributed by atoms with Crippen molar-refractivity contribution in [2.45, 2.75) is 0 Å². The summed E-state index contributed by atoms with van der Waals surface area (Å²) in [5.74, 6) is 0. The summed E-state index contributed by atoms with van der Waals surface area (Å²) in [5.41, 5.74) is 0. The molecule has 0 radical (unpaired) electrons. The number of hydrogen-bond donors (Lipinski definition) is 0. The summed E-state index contributed by atoms with van der Waals surface area (Å²) in [4.78, 5) is 0. The van der Waals surface area contributed by atoms with Crippen LogP contribution in [0.15, 0.2) is 0 Å². The van der Waals surface area contributed by atoms with E-state index in [0.29, 0.717) is 0 Å². The van der Waals surface area contributed by atoms with E-state index < -0.39 is 7.60 Å². The molecule has 0 aliphatic heterocycles. The van der Waals surface area contributed by atoms with E-state index in [0.717, 1.165) is 0 Å². The fraction of sp³-hybridized carbons (Fsp3) is 1.00. The minimum atomic E-state index is -2.65. The maximum Gasteiger partial charge on any atom is 1.00 e. The molecule has 0 bridgehead atoms. The van der Waals surface area contributed by atoms with Crippen LogP contribution >= 0.6 is 7.60 Å². The largest absolute Gasteiger partial charge is 1.00 e. The van der Waals surface area contributed by atoms with Crippen LogP contribution in [0.1, 0.15) is 0 Å². The Morgan fingerprint density at radius 1 is 1.25 bits per heavy atom. The first-order valence-electron chi connectivity index (χ1n) is 1.81. The van der Waals surface area contributed by atoms with E-state index in [2.05, 4.69) is 9.05 Å². The first-order valence-corrected chi connectivity index (χ1v) is 3.80. The maximum atomic E-state index is 10.5. The van der Waals surface area contributed by atoms with Crippen molar-refractivity contribution < 1.29 is 32.5 Å². The van der Waals surface area contributed by atoms with Gasteiger partial charge in [0.2, 0.25) is 0 Å². The van der Waals surface area contributed by atoms with Crippen LogP contribution < -0.4 is 18.9 Å². The molecule has 0 saturated heterocycles. The minimum Gasteiger partial charge on any atom is -0.312 e. The molecule has 0 unspecified atom stereocenters. The van der Waals surface area contributed by atoms with Gasteiger partial charge >= 0.3 is 26.5 Å². The Kier molecular flexibility index (Phi) is 6.65. The summed E-state index contributed by atoms with van der Waals surface area (Å²) in [5, 5.41) is 0. The molecule has 0 aromatic rings. The van der Waals surface area contributed by atoms with E-state index in [9.17, 15) is 4.57 Å². The van der Waals surface area contributed by atoms with Crippen molar-refractivity contribution in [3.8, 4) is 0 Å². The summed E-state index contributed by atoms with van der Waals surface area (Å²) < 4.78 is 19.3. The average Bonchev–Trinajstić information content (AvgIpc) is 1.68. The molecule has 0 aliphatic rings. The van der Waals surface area contributed by atoms with Gasteiger partial charge in [-0.1, -0.05) is 0 Å². The Balaban J connectivity index is 0. The number of rotatable bonds is 2. The number of hydrogen-bond acceptors (Lipinski definition) is 3. The van der Waals surface area contributed by atoms with Gasteiger partial charge in [0.1, 0.15) is 0 Å². The Morgan fingerprint density at radius 2 is 1.50 bits per heavy atom. The second kappa shape index (κ2) is 4.61. The SMILES string of the molecule is COP(C)(=O)OC.[Li+]. The van der Waals surface area contributed by atoms with Crippen LogP contribution in [-0.2, 0) is 13.6 Å². The first-order chi connectivity index (χ1) is 3.12. The summed E-state index contributed by atoms with van der Waals surface area (Å²) >= 11 is 0. The normalized spacial score (nSPS) is 10.4.